The first-order valence-corrected chi connectivity index (χ1v) is 3.88. The smallest absolute Gasteiger partial charge is 0.209 e. The summed E-state index contributed by atoms with van der Waals surface area (Å²) < 4.78 is 0. The SMILES string of the molecule is O=C(S)CN=Nc1ccccc1. The second-order valence-electron chi connectivity index (χ2n) is 2.13. The zero-order valence-electron chi connectivity index (χ0n) is 6.34. The predicted molar refractivity (Wildman–Crippen MR) is 49.8 cm³/mol. The van der Waals surface area contributed by atoms with Gasteiger partial charge < -0.3 is 0 Å². The summed E-state index contributed by atoms with van der Waals surface area (Å²) in [7, 11) is 0. The van der Waals surface area contributed by atoms with Crippen LogP contribution in [0.1, 0.15) is 0 Å². The van der Waals surface area contributed by atoms with Crippen LogP contribution in [-0.2, 0) is 4.79 Å². The third-order valence-electron chi connectivity index (χ3n) is 1.15. The van der Waals surface area contributed by atoms with Crippen LogP contribution in [0.5, 0.6) is 0 Å². The number of thiol groups is 1. The maximum Gasteiger partial charge on any atom is 0.209 e. The largest absolute Gasteiger partial charge is 0.285 e. The van der Waals surface area contributed by atoms with Crippen molar-refractivity contribution in [1.82, 2.24) is 0 Å². The summed E-state index contributed by atoms with van der Waals surface area (Å²) >= 11 is 3.55. The molecule has 62 valence electrons. The molecule has 0 aliphatic rings. The van der Waals surface area contributed by atoms with Crippen molar-refractivity contribution >= 4 is 23.4 Å². The zero-order chi connectivity index (χ0) is 8.81. The molecule has 0 saturated heterocycles. The van der Waals surface area contributed by atoms with E-state index < -0.39 is 0 Å². The molecule has 3 nitrogen and oxygen atoms in total. The Morgan fingerprint density at radius 1 is 1.33 bits per heavy atom. The first kappa shape index (κ1) is 8.93. The van der Waals surface area contributed by atoms with E-state index in [0.29, 0.717) is 0 Å². The molecule has 0 amide bonds. The van der Waals surface area contributed by atoms with Crippen molar-refractivity contribution in [2.45, 2.75) is 0 Å². The normalized spacial score (nSPS) is 10.4. The Hall–Kier alpha value is -1.16. The molecule has 1 rings (SSSR count). The molecule has 1 aromatic rings. The number of hydrogen-bond donors (Lipinski definition) is 1. The molecule has 0 unspecified atom stereocenters. The van der Waals surface area contributed by atoms with Gasteiger partial charge in [-0.2, -0.15) is 10.2 Å². The van der Waals surface area contributed by atoms with Crippen molar-refractivity contribution in [3.63, 3.8) is 0 Å². The molecule has 0 aromatic heterocycles. The van der Waals surface area contributed by atoms with Gasteiger partial charge in [0.1, 0.15) is 6.54 Å². The summed E-state index contributed by atoms with van der Waals surface area (Å²) in [5.41, 5.74) is 0.743. The van der Waals surface area contributed by atoms with Gasteiger partial charge in [-0.25, -0.2) is 0 Å². The van der Waals surface area contributed by atoms with Crippen LogP contribution in [0.4, 0.5) is 5.69 Å². The van der Waals surface area contributed by atoms with E-state index >= 15 is 0 Å². The summed E-state index contributed by atoms with van der Waals surface area (Å²) in [6.07, 6.45) is 0. The second kappa shape index (κ2) is 4.66. The fourth-order valence-electron chi connectivity index (χ4n) is 0.672. The highest BCUT2D eigenvalue weighted by Gasteiger charge is 1.89. The lowest BCUT2D eigenvalue weighted by molar-refractivity contribution is -0.109. The third-order valence-corrected chi connectivity index (χ3v) is 1.29. The molecule has 0 atom stereocenters. The van der Waals surface area contributed by atoms with Crippen molar-refractivity contribution in [3.8, 4) is 0 Å². The Labute approximate surface area is 75.9 Å². The Morgan fingerprint density at radius 3 is 2.58 bits per heavy atom. The monoisotopic (exact) mass is 180 g/mol. The van der Waals surface area contributed by atoms with Gasteiger partial charge in [-0.3, -0.25) is 4.79 Å². The fourth-order valence-corrected chi connectivity index (χ4v) is 0.735. The van der Waals surface area contributed by atoms with Gasteiger partial charge in [-0.05, 0) is 12.1 Å². The van der Waals surface area contributed by atoms with Crippen LogP contribution >= 0.6 is 12.6 Å². The van der Waals surface area contributed by atoms with E-state index in [1.807, 2.05) is 30.3 Å². The van der Waals surface area contributed by atoms with Gasteiger partial charge in [-0.1, -0.05) is 18.2 Å². The minimum atomic E-state index is -0.283. The number of rotatable bonds is 3. The molecular formula is C8H8N2OS. The van der Waals surface area contributed by atoms with E-state index in [9.17, 15) is 4.79 Å². The van der Waals surface area contributed by atoms with E-state index in [4.69, 9.17) is 0 Å². The van der Waals surface area contributed by atoms with Gasteiger partial charge in [0.25, 0.3) is 0 Å². The zero-order valence-corrected chi connectivity index (χ0v) is 7.24. The number of nitrogens with zero attached hydrogens (tertiary/aromatic N) is 2. The number of benzene rings is 1. The van der Waals surface area contributed by atoms with E-state index in [1.54, 1.807) is 0 Å². The molecule has 0 spiro atoms. The van der Waals surface area contributed by atoms with Gasteiger partial charge in [0.15, 0.2) is 0 Å². The van der Waals surface area contributed by atoms with Crippen molar-refractivity contribution < 1.29 is 4.79 Å². The van der Waals surface area contributed by atoms with Crippen molar-refractivity contribution in [2.75, 3.05) is 6.54 Å². The van der Waals surface area contributed by atoms with Crippen molar-refractivity contribution in [2.24, 2.45) is 10.2 Å². The number of carbonyl (C=O) groups excluding carboxylic acids is 1. The van der Waals surface area contributed by atoms with Gasteiger partial charge in [0, 0.05) is 0 Å². The van der Waals surface area contributed by atoms with E-state index in [2.05, 4.69) is 22.9 Å². The highest BCUT2D eigenvalue weighted by molar-refractivity contribution is 7.96. The number of azo groups is 1. The Morgan fingerprint density at radius 2 is 2.00 bits per heavy atom. The molecule has 0 aliphatic heterocycles. The average Bonchev–Trinajstić information content (AvgIpc) is 2.05. The Balaban J connectivity index is 2.52. The lowest BCUT2D eigenvalue weighted by Gasteiger charge is -1.88. The minimum absolute atomic E-state index is 0.0258. The number of carbonyl (C=O) groups is 1. The van der Waals surface area contributed by atoms with Gasteiger partial charge in [0.2, 0.25) is 5.12 Å². The third kappa shape index (κ3) is 3.30. The Kier molecular flexibility index (Phi) is 3.47. The van der Waals surface area contributed by atoms with E-state index in [-0.39, 0.29) is 11.7 Å². The highest BCUT2D eigenvalue weighted by atomic mass is 32.1. The summed E-state index contributed by atoms with van der Waals surface area (Å²) in [6.45, 7) is 0.0258. The van der Waals surface area contributed by atoms with Crippen LogP contribution in [0.25, 0.3) is 0 Å². The molecule has 12 heavy (non-hydrogen) atoms. The fraction of sp³-hybridized carbons (Fsp3) is 0.125. The molecule has 0 fully saturated rings. The second-order valence-corrected chi connectivity index (χ2v) is 2.63. The van der Waals surface area contributed by atoms with E-state index in [1.165, 1.54) is 0 Å². The molecule has 0 saturated carbocycles. The average molecular weight is 180 g/mol. The topological polar surface area (TPSA) is 41.8 Å². The molecule has 0 bridgehead atoms. The molecule has 0 heterocycles. The standard InChI is InChI=1S/C8H8N2OS/c11-8(12)6-9-10-7-4-2-1-3-5-7/h1-5H,6H2,(H,11,12). The molecule has 0 aliphatic carbocycles. The van der Waals surface area contributed by atoms with Crippen LogP contribution in [0.3, 0.4) is 0 Å². The minimum Gasteiger partial charge on any atom is -0.285 e. The quantitative estimate of drug-likeness (QED) is 0.562. The van der Waals surface area contributed by atoms with Crippen LogP contribution in [0.2, 0.25) is 0 Å². The van der Waals surface area contributed by atoms with Gasteiger partial charge in [0.05, 0.1) is 5.69 Å². The van der Waals surface area contributed by atoms with Crippen molar-refractivity contribution in [1.29, 1.82) is 0 Å². The molecular weight excluding hydrogens is 172 g/mol. The van der Waals surface area contributed by atoms with Crippen LogP contribution in [0, 0.1) is 0 Å². The maximum absolute atomic E-state index is 10.3. The molecule has 0 N–H and O–H groups in total. The predicted octanol–water partition coefficient (Wildman–Crippen LogP) is 2.23. The van der Waals surface area contributed by atoms with Gasteiger partial charge >= 0.3 is 0 Å². The highest BCUT2D eigenvalue weighted by Crippen LogP contribution is 2.09. The first-order valence-electron chi connectivity index (χ1n) is 3.43. The lowest BCUT2D eigenvalue weighted by Crippen LogP contribution is -1.88. The summed E-state index contributed by atoms with van der Waals surface area (Å²) in [4.78, 5) is 10.3. The van der Waals surface area contributed by atoms with Crippen LogP contribution in [-0.4, -0.2) is 11.7 Å². The molecule has 0 radical (unpaired) electrons. The van der Waals surface area contributed by atoms with Crippen molar-refractivity contribution in [3.05, 3.63) is 30.3 Å². The van der Waals surface area contributed by atoms with E-state index in [0.717, 1.165) is 5.69 Å². The lowest BCUT2D eigenvalue weighted by atomic mass is 10.3. The maximum atomic E-state index is 10.3. The molecule has 4 heteroatoms. The Bertz CT molecular complexity index is 284. The summed E-state index contributed by atoms with van der Waals surface area (Å²) in [6, 6.07) is 9.23. The first-order chi connectivity index (χ1) is 5.79. The van der Waals surface area contributed by atoms with Gasteiger partial charge in [-0.15, -0.1) is 12.6 Å². The molecule has 1 aromatic carbocycles. The van der Waals surface area contributed by atoms with Crippen LogP contribution < -0.4 is 0 Å². The van der Waals surface area contributed by atoms with Crippen LogP contribution in [0.15, 0.2) is 40.6 Å². The summed E-state index contributed by atoms with van der Waals surface area (Å²) in [5, 5.41) is 7.16. The summed E-state index contributed by atoms with van der Waals surface area (Å²) in [5.74, 6) is 0. The number of hydrogen-bond acceptors (Lipinski definition) is 3.